The largest absolute Gasteiger partial charge is 0.352 e. The Morgan fingerprint density at radius 2 is 1.39 bits per heavy atom. The van der Waals surface area contributed by atoms with Gasteiger partial charge in [-0.05, 0) is 42.5 Å². The summed E-state index contributed by atoms with van der Waals surface area (Å²) >= 11 is 11.2. The zero-order chi connectivity index (χ0) is 32.2. The lowest BCUT2D eigenvalue weighted by Crippen LogP contribution is -2.54. The number of nitrogens with one attached hydrogen (secondary N) is 2. The third-order valence-electron chi connectivity index (χ3n) is 8.26. The Balaban J connectivity index is 1.02. The van der Waals surface area contributed by atoms with E-state index in [1.807, 2.05) is 69.0 Å². The van der Waals surface area contributed by atoms with Gasteiger partial charge >= 0.3 is 0 Å². The van der Waals surface area contributed by atoms with Gasteiger partial charge in [-0.2, -0.15) is 0 Å². The number of likely N-dealkylation sites (tertiary alicyclic amines) is 2. The normalized spacial score (nSPS) is 14.8. The number of imidazole rings is 2. The maximum absolute atomic E-state index is 12.8. The van der Waals surface area contributed by atoms with E-state index < -0.39 is 0 Å². The summed E-state index contributed by atoms with van der Waals surface area (Å²) in [5.41, 5.74) is 2.76. The highest BCUT2D eigenvalue weighted by atomic mass is 35.5. The van der Waals surface area contributed by atoms with Crippen molar-refractivity contribution < 1.29 is 23.7 Å². The van der Waals surface area contributed by atoms with Crippen molar-refractivity contribution in [2.75, 3.05) is 51.0 Å². The highest BCUT2D eigenvalue weighted by molar-refractivity contribution is 6.27. The Kier molecular flexibility index (Phi) is 9.36. The molecule has 0 atom stereocenters. The predicted octanol–water partition coefficient (Wildman–Crippen LogP) is 1.79. The smallest absolute Gasteiger partial charge is 0.285 e. The number of amides is 4. The molecule has 0 radical (unpaired) electrons. The number of aromatic nitrogens is 4. The zero-order valence-electron chi connectivity index (χ0n) is 24.9. The Morgan fingerprint density at radius 3 is 2.00 bits per heavy atom. The summed E-state index contributed by atoms with van der Waals surface area (Å²) in [6.45, 7) is 3.43. The van der Waals surface area contributed by atoms with E-state index in [-0.39, 0.29) is 47.2 Å². The molecule has 4 aromatic rings. The maximum atomic E-state index is 12.8. The summed E-state index contributed by atoms with van der Waals surface area (Å²) in [6.07, 6.45) is 9.24. The van der Waals surface area contributed by atoms with Gasteiger partial charge in [-0.15, -0.1) is 23.2 Å². The van der Waals surface area contributed by atoms with Gasteiger partial charge in [0.25, 0.3) is 17.6 Å². The summed E-state index contributed by atoms with van der Waals surface area (Å²) in [7, 11) is 0. The van der Waals surface area contributed by atoms with E-state index >= 15 is 0 Å². The molecule has 2 aromatic carbocycles. The van der Waals surface area contributed by atoms with Crippen LogP contribution in [-0.2, 0) is 9.59 Å². The van der Waals surface area contributed by atoms with E-state index in [2.05, 4.69) is 15.6 Å². The minimum atomic E-state index is -0.176. The molecule has 0 unspecified atom stereocenters. The summed E-state index contributed by atoms with van der Waals surface area (Å²) in [4.78, 5) is 56.5. The molecule has 2 N–H and O–H groups in total. The fourth-order valence-electron chi connectivity index (χ4n) is 5.47. The van der Waals surface area contributed by atoms with Gasteiger partial charge in [0.2, 0.25) is 11.8 Å². The predicted molar refractivity (Wildman–Crippen MR) is 171 cm³/mol. The molecule has 4 amide bonds. The van der Waals surface area contributed by atoms with Gasteiger partial charge in [-0.25, -0.2) is 9.13 Å². The third-order valence-corrected chi connectivity index (χ3v) is 8.71. The summed E-state index contributed by atoms with van der Waals surface area (Å²) < 4.78 is 5.65. The molecule has 4 heterocycles. The molecule has 0 aliphatic carbocycles. The van der Waals surface area contributed by atoms with E-state index in [0.29, 0.717) is 56.2 Å². The van der Waals surface area contributed by atoms with Crippen LogP contribution in [0.15, 0.2) is 79.8 Å². The quantitative estimate of drug-likeness (QED) is 0.187. The summed E-state index contributed by atoms with van der Waals surface area (Å²) in [5.74, 6) is 0.612. The Morgan fingerprint density at radius 1 is 0.783 bits per heavy atom. The molecule has 0 bridgehead atoms. The second-order valence-electron chi connectivity index (χ2n) is 11.5. The molecule has 2 saturated heterocycles. The van der Waals surface area contributed by atoms with Crippen LogP contribution in [0.2, 0.25) is 0 Å². The molecule has 0 spiro atoms. The van der Waals surface area contributed by atoms with Crippen molar-refractivity contribution in [1.82, 2.24) is 34.6 Å². The molecule has 6 rings (SSSR count). The Hall–Kier alpha value is -4.68. The van der Waals surface area contributed by atoms with Crippen molar-refractivity contribution in [3.05, 3.63) is 90.9 Å². The van der Waals surface area contributed by atoms with Crippen LogP contribution >= 0.6 is 23.2 Å². The lowest BCUT2D eigenvalue weighted by atomic mass is 10.00. The van der Waals surface area contributed by atoms with Crippen molar-refractivity contribution in [2.45, 2.75) is 0 Å². The number of nitrogens with zero attached hydrogens (tertiary/aromatic N) is 6. The van der Waals surface area contributed by atoms with Crippen LogP contribution in [0.4, 0.5) is 0 Å². The molecule has 46 heavy (non-hydrogen) atoms. The lowest BCUT2D eigenvalue weighted by molar-refractivity contribution is -0.598. The first kappa shape index (κ1) is 31.3. The van der Waals surface area contributed by atoms with Crippen molar-refractivity contribution >= 4 is 46.8 Å². The average Bonchev–Trinajstić information content (AvgIpc) is 3.73. The van der Waals surface area contributed by atoms with Crippen LogP contribution in [-0.4, -0.2) is 98.6 Å². The van der Waals surface area contributed by atoms with E-state index in [1.165, 1.54) is 0 Å². The minimum absolute atomic E-state index is 0.0182. The second-order valence-corrected chi connectivity index (χ2v) is 12.0. The van der Waals surface area contributed by atoms with Gasteiger partial charge in [0.1, 0.15) is 23.6 Å². The number of benzene rings is 2. The average molecular weight is 665 g/mol. The SMILES string of the molecule is O=C(NCC1CN(C(=O)CCl)C1)c1ccc(-n2cc[n+](-c3cn(-c4cccc(C(=O)NCC5CN(C(=O)CCl)C5)c4)cn3)c2)cc1. The molecular weight excluding hydrogens is 631 g/mol. The molecule has 14 heteroatoms. The van der Waals surface area contributed by atoms with Crippen LogP contribution in [0.5, 0.6) is 0 Å². The first-order valence-electron chi connectivity index (χ1n) is 14.9. The molecule has 2 aliphatic rings. The first-order chi connectivity index (χ1) is 22.3. The Bertz CT molecular complexity index is 1740. The standard InChI is InChI=1S/C32H32Cl2N8O4/c33-11-29(43)40-15-22(16-40)13-35-31(45)24-4-6-26(7-5-24)38-8-9-39(21-38)28-19-42(20-37-28)27-3-1-2-25(10-27)32(46)36-14-23-17-41(18-23)30(44)12-34/h1-10,19-23H,11-18H2,(H-,35,36,45,46)/p+1. The van der Waals surface area contributed by atoms with Gasteiger partial charge in [-0.3, -0.25) is 23.7 Å². The van der Waals surface area contributed by atoms with Crippen molar-refractivity contribution in [1.29, 1.82) is 0 Å². The fourth-order valence-corrected chi connectivity index (χ4v) is 5.81. The fraction of sp³-hybridized carbons (Fsp3) is 0.312. The molecule has 238 valence electrons. The lowest BCUT2D eigenvalue weighted by Gasteiger charge is -2.39. The van der Waals surface area contributed by atoms with E-state index in [1.54, 1.807) is 34.3 Å². The first-order valence-corrected chi connectivity index (χ1v) is 16.0. The molecule has 12 nitrogen and oxygen atoms in total. The number of carbonyl (C=O) groups excluding carboxylic acids is 4. The minimum Gasteiger partial charge on any atom is -0.352 e. The zero-order valence-corrected chi connectivity index (χ0v) is 26.4. The molecule has 0 saturated carbocycles. The number of rotatable bonds is 11. The molecular formula is C32H33Cl2N8O4+. The van der Waals surface area contributed by atoms with E-state index in [4.69, 9.17) is 23.2 Å². The van der Waals surface area contributed by atoms with Crippen molar-refractivity contribution in [3.63, 3.8) is 0 Å². The molecule has 2 aromatic heterocycles. The van der Waals surface area contributed by atoms with Crippen LogP contribution in [0.3, 0.4) is 0 Å². The Labute approximate surface area is 275 Å². The van der Waals surface area contributed by atoms with Crippen LogP contribution in [0.1, 0.15) is 20.7 Å². The van der Waals surface area contributed by atoms with Gasteiger partial charge < -0.3 is 20.4 Å². The monoisotopic (exact) mass is 663 g/mol. The highest BCUT2D eigenvalue weighted by Crippen LogP contribution is 2.18. The number of carbonyl (C=O) groups is 4. The summed E-state index contributed by atoms with van der Waals surface area (Å²) in [5, 5.41) is 5.90. The van der Waals surface area contributed by atoms with Crippen LogP contribution in [0, 0.1) is 11.8 Å². The second kappa shape index (κ2) is 13.8. The van der Waals surface area contributed by atoms with Gasteiger partial charge in [0, 0.05) is 67.9 Å². The number of halogens is 2. The van der Waals surface area contributed by atoms with Gasteiger partial charge in [0.05, 0.1) is 12.4 Å². The van der Waals surface area contributed by atoms with E-state index in [0.717, 1.165) is 11.4 Å². The van der Waals surface area contributed by atoms with E-state index in [9.17, 15) is 19.2 Å². The molecule has 2 aliphatic heterocycles. The topological polar surface area (TPSA) is 125 Å². The molecule has 2 fully saturated rings. The number of alkyl halides is 2. The number of hydrogen-bond acceptors (Lipinski definition) is 5. The van der Waals surface area contributed by atoms with Crippen LogP contribution < -0.4 is 15.2 Å². The van der Waals surface area contributed by atoms with Gasteiger partial charge in [0.15, 0.2) is 12.7 Å². The maximum Gasteiger partial charge on any atom is 0.285 e. The van der Waals surface area contributed by atoms with Crippen LogP contribution in [0.25, 0.3) is 17.2 Å². The summed E-state index contributed by atoms with van der Waals surface area (Å²) in [6, 6.07) is 14.6. The van der Waals surface area contributed by atoms with Crippen molar-refractivity contribution in [2.24, 2.45) is 11.8 Å². The number of hydrogen-bond donors (Lipinski definition) is 2. The van der Waals surface area contributed by atoms with Crippen molar-refractivity contribution in [3.8, 4) is 17.2 Å². The third kappa shape index (κ3) is 6.92. The highest BCUT2D eigenvalue weighted by Gasteiger charge is 2.31. The van der Waals surface area contributed by atoms with Gasteiger partial charge in [-0.1, -0.05) is 11.1 Å².